The Hall–Kier alpha value is -2.67. The number of carbonyl (C=O) groups excluding carboxylic acids is 2. The number of hydrogen-bond donors (Lipinski definition) is 0. The summed E-state index contributed by atoms with van der Waals surface area (Å²) in [6.07, 6.45) is -3.86. The maximum absolute atomic E-state index is 12.3. The average Bonchev–Trinajstić information content (AvgIpc) is 3.01. The number of sulfone groups is 1. The van der Waals surface area contributed by atoms with E-state index in [4.69, 9.17) is 9.47 Å². The third kappa shape index (κ3) is 5.48. The summed E-state index contributed by atoms with van der Waals surface area (Å²) in [6, 6.07) is 6.32. The minimum atomic E-state index is -3.85. The number of amides is 1. The Balaban J connectivity index is 2.14. The first-order chi connectivity index (χ1) is 14.0. The molecule has 0 aromatic heterocycles. The second-order valence-electron chi connectivity index (χ2n) is 6.99. The number of ether oxygens (including phenoxy) is 2. The van der Waals surface area contributed by atoms with Crippen molar-refractivity contribution >= 4 is 27.6 Å². The van der Waals surface area contributed by atoms with E-state index in [0.29, 0.717) is 11.3 Å². The van der Waals surface area contributed by atoms with Crippen LogP contribution in [0.25, 0.3) is 0 Å². The number of nitrogens with zero attached hydrogens (tertiary/aromatic N) is 1. The van der Waals surface area contributed by atoms with E-state index in [-0.39, 0.29) is 19.6 Å². The summed E-state index contributed by atoms with van der Waals surface area (Å²) in [4.78, 5) is 25.9. The van der Waals surface area contributed by atoms with Crippen LogP contribution < -0.4 is 4.90 Å². The molecule has 2 rings (SSSR count). The van der Waals surface area contributed by atoms with Gasteiger partial charge in [-0.05, 0) is 38.1 Å². The SMILES string of the molecule is CCOC(=O)[C@@](C)(C[C@H]1CN(c2ccc(C#CCC(F)F)cc2)C(=O)O1)S(C)(=O)=O. The topological polar surface area (TPSA) is 90.0 Å². The third-order valence-electron chi connectivity index (χ3n) is 4.68. The first kappa shape index (κ1) is 23.6. The molecule has 0 saturated carbocycles. The van der Waals surface area contributed by atoms with Crippen molar-refractivity contribution in [2.75, 3.05) is 24.3 Å². The normalized spacial score (nSPS) is 18.4. The number of cyclic esters (lactones) is 1. The van der Waals surface area contributed by atoms with Gasteiger partial charge in [0.25, 0.3) is 0 Å². The molecule has 1 aliphatic rings. The van der Waals surface area contributed by atoms with Gasteiger partial charge in [-0.2, -0.15) is 0 Å². The lowest BCUT2D eigenvalue weighted by Gasteiger charge is -2.27. The van der Waals surface area contributed by atoms with E-state index in [2.05, 4.69) is 11.8 Å². The highest BCUT2D eigenvalue weighted by Gasteiger charge is 2.49. The molecule has 1 aromatic carbocycles. The molecular formula is C20H23F2NO6S. The number of hydrogen-bond acceptors (Lipinski definition) is 6. The van der Waals surface area contributed by atoms with Gasteiger partial charge in [-0.25, -0.2) is 22.0 Å². The van der Waals surface area contributed by atoms with Crippen molar-refractivity contribution in [1.29, 1.82) is 0 Å². The minimum Gasteiger partial charge on any atom is -0.465 e. The summed E-state index contributed by atoms with van der Waals surface area (Å²) in [5.74, 6) is 4.07. The van der Waals surface area contributed by atoms with Crippen LogP contribution in [0.1, 0.15) is 32.3 Å². The van der Waals surface area contributed by atoms with Crippen molar-refractivity contribution in [3.63, 3.8) is 0 Å². The second-order valence-corrected chi connectivity index (χ2v) is 9.43. The predicted molar refractivity (Wildman–Crippen MR) is 106 cm³/mol. The van der Waals surface area contributed by atoms with Crippen molar-refractivity contribution < 1.29 is 36.3 Å². The average molecular weight is 443 g/mol. The van der Waals surface area contributed by atoms with Crippen LogP contribution in [0.5, 0.6) is 0 Å². The number of benzene rings is 1. The Kier molecular flexibility index (Phi) is 7.42. The molecule has 1 heterocycles. The van der Waals surface area contributed by atoms with Crippen LogP contribution in [0, 0.1) is 11.8 Å². The quantitative estimate of drug-likeness (QED) is 0.476. The summed E-state index contributed by atoms with van der Waals surface area (Å²) >= 11 is 0. The Labute approximate surface area is 174 Å². The largest absolute Gasteiger partial charge is 0.465 e. The van der Waals surface area contributed by atoms with E-state index in [0.717, 1.165) is 6.26 Å². The number of rotatable bonds is 7. The predicted octanol–water partition coefficient (Wildman–Crippen LogP) is 2.78. The van der Waals surface area contributed by atoms with Gasteiger partial charge < -0.3 is 9.47 Å². The van der Waals surface area contributed by atoms with Crippen LogP contribution in [0.3, 0.4) is 0 Å². The van der Waals surface area contributed by atoms with Gasteiger partial charge in [0.05, 0.1) is 19.6 Å². The van der Waals surface area contributed by atoms with Crippen LogP contribution >= 0.6 is 0 Å². The summed E-state index contributed by atoms with van der Waals surface area (Å²) < 4.78 is 57.1. The summed E-state index contributed by atoms with van der Waals surface area (Å²) in [5, 5.41) is 0. The number of halogens is 2. The molecule has 10 heteroatoms. The molecule has 1 amide bonds. The summed E-state index contributed by atoms with van der Waals surface area (Å²) in [6.45, 7) is 2.88. The molecule has 164 valence electrons. The van der Waals surface area contributed by atoms with Crippen LogP contribution in [-0.2, 0) is 24.1 Å². The van der Waals surface area contributed by atoms with Crippen LogP contribution in [0.4, 0.5) is 19.3 Å². The zero-order valence-electron chi connectivity index (χ0n) is 16.9. The van der Waals surface area contributed by atoms with Crippen molar-refractivity contribution in [1.82, 2.24) is 0 Å². The first-order valence-electron chi connectivity index (χ1n) is 9.20. The maximum atomic E-state index is 12.3. The van der Waals surface area contributed by atoms with Crippen molar-refractivity contribution in [2.24, 2.45) is 0 Å². The Morgan fingerprint density at radius 1 is 1.37 bits per heavy atom. The van der Waals surface area contributed by atoms with Gasteiger partial charge in [-0.15, -0.1) is 0 Å². The molecule has 0 radical (unpaired) electrons. The third-order valence-corrected chi connectivity index (χ3v) is 6.66. The fourth-order valence-electron chi connectivity index (χ4n) is 2.90. The van der Waals surface area contributed by atoms with Crippen LogP contribution in [-0.4, -0.2) is 57.2 Å². The van der Waals surface area contributed by atoms with Gasteiger partial charge in [0, 0.05) is 23.9 Å². The Morgan fingerprint density at radius 3 is 2.53 bits per heavy atom. The molecule has 2 atom stereocenters. The molecule has 0 aliphatic carbocycles. The molecule has 1 fully saturated rings. The number of esters is 1. The van der Waals surface area contributed by atoms with Gasteiger partial charge in [0.1, 0.15) is 6.10 Å². The smallest absolute Gasteiger partial charge is 0.414 e. The highest BCUT2D eigenvalue weighted by Crippen LogP contribution is 2.30. The molecule has 0 N–H and O–H groups in total. The molecular weight excluding hydrogens is 420 g/mol. The van der Waals surface area contributed by atoms with Gasteiger partial charge in [0.2, 0.25) is 6.43 Å². The van der Waals surface area contributed by atoms with Crippen molar-refractivity contribution in [2.45, 2.75) is 44.0 Å². The fourth-order valence-corrected chi connectivity index (χ4v) is 3.75. The van der Waals surface area contributed by atoms with Crippen LogP contribution in [0.2, 0.25) is 0 Å². The maximum Gasteiger partial charge on any atom is 0.414 e. The first-order valence-corrected chi connectivity index (χ1v) is 11.1. The van der Waals surface area contributed by atoms with E-state index in [1.54, 1.807) is 31.2 Å². The Morgan fingerprint density at radius 2 is 2.00 bits per heavy atom. The van der Waals surface area contributed by atoms with E-state index < -0.39 is 45.6 Å². The van der Waals surface area contributed by atoms with E-state index in [1.165, 1.54) is 11.8 Å². The van der Waals surface area contributed by atoms with Gasteiger partial charge in [-0.3, -0.25) is 9.69 Å². The highest BCUT2D eigenvalue weighted by atomic mass is 32.2. The lowest BCUT2D eigenvalue weighted by Crippen LogP contribution is -2.47. The number of alkyl halides is 2. The van der Waals surface area contributed by atoms with Gasteiger partial charge in [-0.1, -0.05) is 11.8 Å². The van der Waals surface area contributed by atoms with Gasteiger partial charge >= 0.3 is 12.1 Å². The summed E-state index contributed by atoms with van der Waals surface area (Å²) in [5.41, 5.74) is 0.981. The second kappa shape index (κ2) is 9.43. The lowest BCUT2D eigenvalue weighted by molar-refractivity contribution is -0.146. The molecule has 0 bridgehead atoms. The van der Waals surface area contributed by atoms with E-state index in [1.807, 2.05) is 0 Å². The van der Waals surface area contributed by atoms with Gasteiger partial charge in [0.15, 0.2) is 14.6 Å². The lowest BCUT2D eigenvalue weighted by atomic mass is 10.0. The summed E-state index contributed by atoms with van der Waals surface area (Å²) in [7, 11) is -3.85. The van der Waals surface area contributed by atoms with Crippen molar-refractivity contribution in [3.8, 4) is 11.8 Å². The van der Waals surface area contributed by atoms with Crippen LogP contribution in [0.15, 0.2) is 24.3 Å². The minimum absolute atomic E-state index is 0.0209. The number of carbonyl (C=O) groups is 2. The zero-order chi connectivity index (χ0) is 22.5. The molecule has 1 saturated heterocycles. The monoisotopic (exact) mass is 443 g/mol. The highest BCUT2D eigenvalue weighted by molar-refractivity contribution is 7.92. The molecule has 1 aromatic rings. The standard InChI is InChI=1S/C20H23F2NO6S/c1-4-28-18(24)20(2,30(3,26)27)12-16-13-23(19(25)29-16)15-10-8-14(9-11-15)6-5-7-17(21)22/h8-11,16-17H,4,7,12-13H2,1-3H3/t16-,20+/m0/s1. The van der Waals surface area contributed by atoms with E-state index in [9.17, 15) is 26.8 Å². The molecule has 30 heavy (non-hydrogen) atoms. The molecule has 7 nitrogen and oxygen atoms in total. The molecule has 1 aliphatic heterocycles. The van der Waals surface area contributed by atoms with E-state index >= 15 is 0 Å². The number of anilines is 1. The van der Waals surface area contributed by atoms with Crippen molar-refractivity contribution in [3.05, 3.63) is 29.8 Å². The molecule has 0 spiro atoms. The Bertz CT molecular complexity index is 952. The zero-order valence-corrected chi connectivity index (χ0v) is 17.7. The molecule has 0 unspecified atom stereocenters. The fraction of sp³-hybridized carbons (Fsp3) is 0.500.